The summed E-state index contributed by atoms with van der Waals surface area (Å²) in [6.07, 6.45) is 2.26. The van der Waals surface area contributed by atoms with Crippen LogP contribution in [0, 0.1) is 0 Å². The lowest BCUT2D eigenvalue weighted by Crippen LogP contribution is -2.29. The van der Waals surface area contributed by atoms with Gasteiger partial charge in [-0.15, -0.1) is 0 Å². The molecule has 0 amide bonds. The summed E-state index contributed by atoms with van der Waals surface area (Å²) in [4.78, 5) is 24.6. The first-order valence-corrected chi connectivity index (χ1v) is 7.14. The van der Waals surface area contributed by atoms with Crippen molar-refractivity contribution < 1.29 is 4.79 Å². The minimum atomic E-state index is -0.278. The summed E-state index contributed by atoms with van der Waals surface area (Å²) in [5.74, 6) is 0.548. The van der Waals surface area contributed by atoms with Crippen LogP contribution in [0.15, 0.2) is 46.4 Å². The molecule has 0 saturated heterocycles. The second kappa shape index (κ2) is 4.48. The van der Waals surface area contributed by atoms with E-state index in [9.17, 15) is 9.59 Å². The zero-order chi connectivity index (χ0) is 14.4. The average molecular weight is 281 g/mol. The Morgan fingerprint density at radius 3 is 2.62 bits per heavy atom. The number of fused-ring (bicyclic) bond motifs is 1. The monoisotopic (exact) mass is 281 g/mol. The van der Waals surface area contributed by atoms with Crippen LogP contribution in [-0.2, 0) is 4.79 Å². The molecule has 2 aliphatic rings. The molecule has 21 heavy (non-hydrogen) atoms. The molecule has 3 N–H and O–H groups in total. The largest absolute Gasteiger partial charge is 0.343 e. The maximum absolute atomic E-state index is 12.4. The topological polar surface area (TPSA) is 77.8 Å². The molecule has 0 radical (unpaired) electrons. The summed E-state index contributed by atoms with van der Waals surface area (Å²) in [6.45, 7) is 0. The number of anilines is 1. The van der Waals surface area contributed by atoms with Crippen LogP contribution < -0.4 is 10.9 Å². The molecule has 1 aliphatic heterocycles. The Balaban J connectivity index is 1.98. The molecule has 1 aromatic carbocycles. The van der Waals surface area contributed by atoms with Gasteiger partial charge in [0.25, 0.3) is 5.56 Å². The number of hydrogen-bond donors (Lipinski definition) is 3. The van der Waals surface area contributed by atoms with Crippen molar-refractivity contribution in [2.45, 2.75) is 25.2 Å². The number of aromatic amines is 2. The third-order valence-corrected chi connectivity index (χ3v) is 4.26. The molecule has 0 bridgehead atoms. The zero-order valence-corrected chi connectivity index (χ0v) is 11.4. The smallest absolute Gasteiger partial charge is 0.270 e. The first-order valence-electron chi connectivity index (χ1n) is 7.14. The Kier molecular flexibility index (Phi) is 2.60. The van der Waals surface area contributed by atoms with Gasteiger partial charge in [-0.05, 0) is 18.4 Å². The number of nitrogens with one attached hydrogen (secondary N) is 3. The van der Waals surface area contributed by atoms with E-state index < -0.39 is 0 Å². The highest BCUT2D eigenvalue weighted by atomic mass is 16.1. The Labute approximate surface area is 121 Å². The normalized spacial score (nSPS) is 20.8. The van der Waals surface area contributed by atoms with E-state index in [1.807, 2.05) is 30.3 Å². The van der Waals surface area contributed by atoms with Gasteiger partial charge in [-0.1, -0.05) is 30.3 Å². The molecule has 1 atom stereocenters. The molecule has 0 saturated carbocycles. The van der Waals surface area contributed by atoms with Crippen LogP contribution in [0.4, 0.5) is 5.82 Å². The van der Waals surface area contributed by atoms with E-state index in [0.717, 1.165) is 29.7 Å². The fourth-order valence-corrected chi connectivity index (χ4v) is 3.34. The second-order valence-corrected chi connectivity index (χ2v) is 5.51. The SMILES string of the molecule is O=C1CCCC2=C1C(c1ccccc1)c1c([nH][nH]c1=O)N2. The quantitative estimate of drug-likeness (QED) is 0.750. The minimum Gasteiger partial charge on any atom is -0.343 e. The summed E-state index contributed by atoms with van der Waals surface area (Å²) >= 11 is 0. The number of H-pyrrole nitrogens is 2. The Hall–Kier alpha value is -2.56. The highest BCUT2D eigenvalue weighted by Gasteiger charge is 2.37. The maximum atomic E-state index is 12.4. The van der Waals surface area contributed by atoms with E-state index >= 15 is 0 Å². The predicted octanol–water partition coefficient (Wildman–Crippen LogP) is 2.27. The number of carbonyl (C=O) groups is 1. The molecule has 1 aliphatic carbocycles. The van der Waals surface area contributed by atoms with Crippen molar-refractivity contribution in [3.63, 3.8) is 0 Å². The van der Waals surface area contributed by atoms with Crippen LogP contribution in [0.5, 0.6) is 0 Å². The highest BCUT2D eigenvalue weighted by molar-refractivity contribution is 6.00. The Morgan fingerprint density at radius 2 is 1.81 bits per heavy atom. The summed E-state index contributed by atoms with van der Waals surface area (Å²) in [6, 6.07) is 9.75. The summed E-state index contributed by atoms with van der Waals surface area (Å²) in [5.41, 5.74) is 3.12. The van der Waals surface area contributed by atoms with Gasteiger partial charge in [0, 0.05) is 23.6 Å². The van der Waals surface area contributed by atoms with Crippen molar-refractivity contribution in [1.82, 2.24) is 10.2 Å². The third kappa shape index (κ3) is 1.77. The average Bonchev–Trinajstić information content (AvgIpc) is 2.88. The third-order valence-electron chi connectivity index (χ3n) is 4.26. The second-order valence-electron chi connectivity index (χ2n) is 5.51. The van der Waals surface area contributed by atoms with Crippen LogP contribution in [0.2, 0.25) is 0 Å². The van der Waals surface area contributed by atoms with Crippen LogP contribution in [-0.4, -0.2) is 16.0 Å². The van der Waals surface area contributed by atoms with Crippen molar-refractivity contribution in [3.8, 4) is 0 Å². The molecular formula is C16H15N3O2. The van der Waals surface area contributed by atoms with Gasteiger partial charge < -0.3 is 5.32 Å². The van der Waals surface area contributed by atoms with Gasteiger partial charge in [-0.2, -0.15) is 0 Å². The number of ketones is 1. The van der Waals surface area contributed by atoms with Gasteiger partial charge in [0.1, 0.15) is 5.82 Å². The van der Waals surface area contributed by atoms with Gasteiger partial charge in [-0.3, -0.25) is 19.8 Å². The molecule has 4 rings (SSSR count). The van der Waals surface area contributed by atoms with Crippen LogP contribution in [0.1, 0.15) is 36.3 Å². The van der Waals surface area contributed by atoms with Crippen molar-refractivity contribution in [2.24, 2.45) is 0 Å². The molecule has 106 valence electrons. The maximum Gasteiger partial charge on any atom is 0.270 e. The van der Waals surface area contributed by atoms with E-state index in [2.05, 4.69) is 15.5 Å². The van der Waals surface area contributed by atoms with Gasteiger partial charge in [-0.25, -0.2) is 0 Å². The lowest BCUT2D eigenvalue weighted by molar-refractivity contribution is -0.116. The molecule has 2 aromatic rings. The van der Waals surface area contributed by atoms with Crippen LogP contribution >= 0.6 is 0 Å². The van der Waals surface area contributed by atoms with Crippen molar-refractivity contribution >= 4 is 11.6 Å². The fraction of sp³-hybridized carbons (Fsp3) is 0.250. The highest BCUT2D eigenvalue weighted by Crippen LogP contribution is 2.42. The number of rotatable bonds is 1. The molecule has 5 heteroatoms. The van der Waals surface area contributed by atoms with E-state index in [1.54, 1.807) is 0 Å². The lowest BCUT2D eigenvalue weighted by Gasteiger charge is -2.31. The first kappa shape index (κ1) is 12.2. The molecule has 5 nitrogen and oxygen atoms in total. The number of carbonyl (C=O) groups excluding carboxylic acids is 1. The summed E-state index contributed by atoms with van der Waals surface area (Å²) in [7, 11) is 0. The molecule has 1 aromatic heterocycles. The number of allylic oxidation sites excluding steroid dienone is 2. The lowest BCUT2D eigenvalue weighted by atomic mass is 9.77. The fourth-order valence-electron chi connectivity index (χ4n) is 3.34. The summed E-state index contributed by atoms with van der Waals surface area (Å²) in [5, 5.41) is 8.72. The molecule has 0 fully saturated rings. The van der Waals surface area contributed by atoms with E-state index in [4.69, 9.17) is 0 Å². The van der Waals surface area contributed by atoms with E-state index in [1.165, 1.54) is 0 Å². The van der Waals surface area contributed by atoms with Crippen LogP contribution in [0.25, 0.3) is 0 Å². The number of benzene rings is 1. The molecular weight excluding hydrogens is 266 g/mol. The summed E-state index contributed by atoms with van der Waals surface area (Å²) < 4.78 is 0. The number of aromatic nitrogens is 2. The van der Waals surface area contributed by atoms with E-state index in [0.29, 0.717) is 17.8 Å². The van der Waals surface area contributed by atoms with E-state index in [-0.39, 0.29) is 17.3 Å². The first-order chi connectivity index (χ1) is 10.3. The molecule has 0 spiro atoms. The number of Topliss-reactive ketones (excluding diaryl/α,β-unsaturated/α-hetero) is 1. The van der Waals surface area contributed by atoms with Gasteiger partial charge in [0.15, 0.2) is 5.78 Å². The Morgan fingerprint density at radius 1 is 1.00 bits per heavy atom. The Bertz CT molecular complexity index is 798. The van der Waals surface area contributed by atoms with Crippen LogP contribution in [0.3, 0.4) is 0 Å². The van der Waals surface area contributed by atoms with Gasteiger partial charge >= 0.3 is 0 Å². The zero-order valence-electron chi connectivity index (χ0n) is 11.4. The van der Waals surface area contributed by atoms with Gasteiger partial charge in [0.2, 0.25) is 0 Å². The predicted molar refractivity (Wildman–Crippen MR) is 79.2 cm³/mol. The number of hydrogen-bond acceptors (Lipinski definition) is 3. The molecule has 1 unspecified atom stereocenters. The molecule has 2 heterocycles. The van der Waals surface area contributed by atoms with Crippen molar-refractivity contribution in [2.75, 3.05) is 5.32 Å². The standard InChI is InChI=1S/C16H15N3O2/c20-11-8-4-7-10-13(11)12(9-5-2-1-3-6-9)14-15(17-10)18-19-16(14)21/h1-3,5-6,12H,4,7-8H2,(H3,17,18,19,21). The van der Waals surface area contributed by atoms with Crippen molar-refractivity contribution in [1.29, 1.82) is 0 Å². The van der Waals surface area contributed by atoms with Gasteiger partial charge in [0.05, 0.1) is 5.56 Å². The minimum absolute atomic E-state index is 0.142. The van der Waals surface area contributed by atoms with Crippen molar-refractivity contribution in [3.05, 3.63) is 63.1 Å².